The van der Waals surface area contributed by atoms with Crippen LogP contribution in [-0.2, 0) is 4.79 Å². The van der Waals surface area contributed by atoms with Gasteiger partial charge in [-0.3, -0.25) is 9.69 Å². The van der Waals surface area contributed by atoms with Gasteiger partial charge in [-0.2, -0.15) is 0 Å². The van der Waals surface area contributed by atoms with Gasteiger partial charge in [0, 0.05) is 36.7 Å². The van der Waals surface area contributed by atoms with Gasteiger partial charge in [0.1, 0.15) is 5.82 Å². The van der Waals surface area contributed by atoms with Crippen molar-refractivity contribution in [1.29, 1.82) is 0 Å². The van der Waals surface area contributed by atoms with Crippen LogP contribution in [0.15, 0.2) is 72.1 Å². The summed E-state index contributed by atoms with van der Waals surface area (Å²) >= 11 is 1.65. The summed E-state index contributed by atoms with van der Waals surface area (Å²) in [6.07, 6.45) is 0. The van der Waals surface area contributed by atoms with Crippen molar-refractivity contribution >= 4 is 22.9 Å². The van der Waals surface area contributed by atoms with Gasteiger partial charge in [0.25, 0.3) is 0 Å². The van der Waals surface area contributed by atoms with E-state index < -0.39 is 0 Å². The minimum Gasteiger partial charge on any atom is -0.369 e. The number of thiophene rings is 1. The second kappa shape index (κ2) is 9.20. The Kier molecular flexibility index (Phi) is 6.22. The quantitative estimate of drug-likeness (QED) is 0.670. The lowest BCUT2D eigenvalue weighted by atomic mass is 10.1. The lowest BCUT2D eigenvalue weighted by Gasteiger charge is -2.36. The second-order valence-corrected chi connectivity index (χ2v) is 8.15. The minimum absolute atomic E-state index is 0.0301. The Morgan fingerprint density at radius 1 is 0.966 bits per heavy atom. The number of rotatable bonds is 6. The molecule has 0 unspecified atom stereocenters. The Labute approximate surface area is 174 Å². The molecule has 0 spiro atoms. The van der Waals surface area contributed by atoms with Crippen molar-refractivity contribution < 1.29 is 9.18 Å². The lowest BCUT2D eigenvalue weighted by molar-refractivity contribution is -0.122. The highest BCUT2D eigenvalue weighted by Crippen LogP contribution is 2.26. The summed E-state index contributed by atoms with van der Waals surface area (Å²) in [6, 6.07) is 20.6. The summed E-state index contributed by atoms with van der Waals surface area (Å²) in [7, 11) is 0. The molecule has 1 aromatic heterocycles. The number of hydrogen-bond acceptors (Lipinski definition) is 4. The zero-order valence-corrected chi connectivity index (χ0v) is 16.9. The summed E-state index contributed by atoms with van der Waals surface area (Å²) in [4.78, 5) is 18.3. The van der Waals surface area contributed by atoms with Crippen LogP contribution >= 0.6 is 11.3 Å². The highest BCUT2D eigenvalue weighted by Gasteiger charge is 2.22. The molecule has 3 aromatic rings. The molecule has 2 heterocycles. The summed E-state index contributed by atoms with van der Waals surface area (Å²) < 4.78 is 13.1. The molecule has 0 saturated carbocycles. The standard InChI is InChI=1S/C23H24FN3OS/c24-19-8-10-20(11-9-19)27-14-12-26(13-15-27)17-22(28)25-23(21-7-4-16-29-21)18-5-2-1-3-6-18/h1-11,16,23H,12-15,17H2,(H,25,28)/t23-/m1/s1. The van der Waals surface area contributed by atoms with Crippen LogP contribution in [0.4, 0.5) is 10.1 Å². The topological polar surface area (TPSA) is 35.6 Å². The van der Waals surface area contributed by atoms with Crippen molar-refractivity contribution in [3.63, 3.8) is 0 Å². The van der Waals surface area contributed by atoms with Crippen molar-refractivity contribution in [1.82, 2.24) is 10.2 Å². The van der Waals surface area contributed by atoms with E-state index in [1.807, 2.05) is 53.9 Å². The first-order chi connectivity index (χ1) is 14.2. The molecule has 1 amide bonds. The molecule has 1 N–H and O–H groups in total. The fourth-order valence-corrected chi connectivity index (χ4v) is 4.45. The van der Waals surface area contributed by atoms with E-state index >= 15 is 0 Å². The molecule has 29 heavy (non-hydrogen) atoms. The van der Waals surface area contributed by atoms with Gasteiger partial charge >= 0.3 is 0 Å². The molecule has 0 bridgehead atoms. The zero-order chi connectivity index (χ0) is 20.1. The molecule has 1 fully saturated rings. The fourth-order valence-electron chi connectivity index (χ4n) is 3.65. The molecule has 150 valence electrons. The monoisotopic (exact) mass is 409 g/mol. The van der Waals surface area contributed by atoms with Crippen LogP contribution in [0.2, 0.25) is 0 Å². The Morgan fingerprint density at radius 2 is 1.69 bits per heavy atom. The zero-order valence-electron chi connectivity index (χ0n) is 16.1. The number of anilines is 1. The number of halogens is 1. The summed E-state index contributed by atoms with van der Waals surface area (Å²) in [5, 5.41) is 5.24. The molecule has 1 saturated heterocycles. The van der Waals surface area contributed by atoms with Gasteiger partial charge in [0.05, 0.1) is 12.6 Å². The van der Waals surface area contributed by atoms with E-state index in [-0.39, 0.29) is 17.8 Å². The molecule has 4 rings (SSSR count). The van der Waals surface area contributed by atoms with Gasteiger partial charge in [-0.1, -0.05) is 36.4 Å². The van der Waals surface area contributed by atoms with Crippen molar-refractivity contribution in [2.24, 2.45) is 0 Å². The van der Waals surface area contributed by atoms with Crippen molar-refractivity contribution in [2.45, 2.75) is 6.04 Å². The van der Waals surface area contributed by atoms with Crippen molar-refractivity contribution in [3.8, 4) is 0 Å². The molecule has 1 aliphatic heterocycles. The molecular weight excluding hydrogens is 385 g/mol. The first-order valence-corrected chi connectivity index (χ1v) is 10.7. The first-order valence-electron chi connectivity index (χ1n) is 9.79. The lowest BCUT2D eigenvalue weighted by Crippen LogP contribution is -2.49. The van der Waals surface area contributed by atoms with Gasteiger partial charge in [0.15, 0.2) is 0 Å². The number of carbonyl (C=O) groups is 1. The molecule has 0 aliphatic carbocycles. The van der Waals surface area contributed by atoms with E-state index in [9.17, 15) is 9.18 Å². The third-order valence-electron chi connectivity index (χ3n) is 5.20. The second-order valence-electron chi connectivity index (χ2n) is 7.17. The average molecular weight is 410 g/mol. The largest absolute Gasteiger partial charge is 0.369 e. The van der Waals surface area contributed by atoms with Crippen LogP contribution in [0.3, 0.4) is 0 Å². The van der Waals surface area contributed by atoms with Crippen LogP contribution in [0.5, 0.6) is 0 Å². The average Bonchev–Trinajstić information content (AvgIpc) is 3.28. The van der Waals surface area contributed by atoms with Crippen LogP contribution < -0.4 is 10.2 Å². The maximum Gasteiger partial charge on any atom is 0.234 e. The van der Waals surface area contributed by atoms with Gasteiger partial charge < -0.3 is 10.2 Å². The molecule has 0 radical (unpaired) electrons. The highest BCUT2D eigenvalue weighted by atomic mass is 32.1. The van der Waals surface area contributed by atoms with Gasteiger partial charge in [0.2, 0.25) is 5.91 Å². The molecule has 4 nitrogen and oxygen atoms in total. The Bertz CT molecular complexity index is 907. The van der Waals surface area contributed by atoms with Gasteiger partial charge in [-0.15, -0.1) is 11.3 Å². The minimum atomic E-state index is -0.220. The third-order valence-corrected chi connectivity index (χ3v) is 6.13. The predicted octanol–water partition coefficient (Wildman–Crippen LogP) is 3.92. The molecule has 2 aromatic carbocycles. The van der Waals surface area contributed by atoms with E-state index in [0.717, 1.165) is 42.3 Å². The first kappa shape index (κ1) is 19.6. The summed E-state index contributed by atoms with van der Waals surface area (Å²) in [6.45, 7) is 3.64. The number of piperazine rings is 1. The van der Waals surface area contributed by atoms with Crippen molar-refractivity contribution in [2.75, 3.05) is 37.6 Å². The van der Waals surface area contributed by atoms with Crippen LogP contribution in [0, 0.1) is 5.82 Å². The molecule has 6 heteroatoms. The van der Waals surface area contributed by atoms with Crippen LogP contribution in [0.25, 0.3) is 0 Å². The van der Waals surface area contributed by atoms with Crippen LogP contribution in [0.1, 0.15) is 16.5 Å². The van der Waals surface area contributed by atoms with E-state index in [1.54, 1.807) is 11.3 Å². The van der Waals surface area contributed by atoms with E-state index in [2.05, 4.69) is 21.2 Å². The maximum atomic E-state index is 13.1. The predicted molar refractivity (Wildman–Crippen MR) is 116 cm³/mol. The number of hydrogen-bond donors (Lipinski definition) is 1. The third kappa shape index (κ3) is 5.02. The highest BCUT2D eigenvalue weighted by molar-refractivity contribution is 7.10. The Hall–Kier alpha value is -2.70. The van der Waals surface area contributed by atoms with E-state index in [1.165, 1.54) is 12.1 Å². The smallest absolute Gasteiger partial charge is 0.234 e. The number of amides is 1. The Balaban J connectivity index is 1.34. The maximum absolute atomic E-state index is 13.1. The van der Waals surface area contributed by atoms with E-state index in [0.29, 0.717) is 6.54 Å². The van der Waals surface area contributed by atoms with Gasteiger partial charge in [-0.05, 0) is 41.3 Å². The number of benzene rings is 2. The number of nitrogens with one attached hydrogen (secondary N) is 1. The molecule has 1 aliphatic rings. The number of nitrogens with zero attached hydrogens (tertiary/aromatic N) is 2. The SMILES string of the molecule is O=C(CN1CCN(c2ccc(F)cc2)CC1)N[C@H](c1ccccc1)c1cccs1. The normalized spacial score (nSPS) is 15.8. The van der Waals surface area contributed by atoms with E-state index in [4.69, 9.17) is 0 Å². The Morgan fingerprint density at radius 3 is 2.34 bits per heavy atom. The van der Waals surface area contributed by atoms with Gasteiger partial charge in [-0.25, -0.2) is 4.39 Å². The van der Waals surface area contributed by atoms with Crippen molar-refractivity contribution in [3.05, 3.63) is 88.4 Å². The van der Waals surface area contributed by atoms with Crippen LogP contribution in [-0.4, -0.2) is 43.5 Å². The molecular formula is C23H24FN3OS. The number of carbonyl (C=O) groups excluding carboxylic acids is 1. The molecule has 1 atom stereocenters. The fraction of sp³-hybridized carbons (Fsp3) is 0.261. The summed E-state index contributed by atoms with van der Waals surface area (Å²) in [5.41, 5.74) is 2.11. The summed E-state index contributed by atoms with van der Waals surface area (Å²) in [5.74, 6) is -0.190.